The molecule has 2 fully saturated rings. The fourth-order valence-corrected chi connectivity index (χ4v) is 3.37. The summed E-state index contributed by atoms with van der Waals surface area (Å²) >= 11 is 4.58. The second-order valence-corrected chi connectivity index (χ2v) is 6.07. The van der Waals surface area contributed by atoms with Crippen molar-refractivity contribution in [1.29, 1.82) is 0 Å². The van der Waals surface area contributed by atoms with E-state index in [-0.39, 0.29) is 6.54 Å². The standard InChI is InChI=1S/C12H20F3N3S/c1-17-8-2-3-9(17)6-18(5-4-8)7-10(11(16)19)12(13,14)15/h8-10H,2-7H2,1H3,(H2,16,19). The number of nitrogens with zero attached hydrogens (tertiary/aromatic N) is 2. The van der Waals surface area contributed by atoms with Gasteiger partial charge in [-0.05, 0) is 32.9 Å². The van der Waals surface area contributed by atoms with E-state index >= 15 is 0 Å². The van der Waals surface area contributed by atoms with Crippen molar-refractivity contribution in [3.8, 4) is 0 Å². The Bertz CT molecular complexity index is 348. The molecule has 2 saturated heterocycles. The molecule has 0 amide bonds. The lowest BCUT2D eigenvalue weighted by molar-refractivity contribution is -0.159. The summed E-state index contributed by atoms with van der Waals surface area (Å²) in [6, 6.07) is 0.886. The first-order valence-corrected chi connectivity index (χ1v) is 7.00. The summed E-state index contributed by atoms with van der Waals surface area (Å²) in [5, 5.41) is 0. The van der Waals surface area contributed by atoms with Gasteiger partial charge in [0.25, 0.3) is 0 Å². The van der Waals surface area contributed by atoms with Crippen molar-refractivity contribution in [2.45, 2.75) is 37.5 Å². The Morgan fingerprint density at radius 1 is 1.32 bits per heavy atom. The van der Waals surface area contributed by atoms with Gasteiger partial charge < -0.3 is 10.6 Å². The predicted molar refractivity (Wildman–Crippen MR) is 72.0 cm³/mol. The van der Waals surface area contributed by atoms with Crippen LogP contribution in [0.25, 0.3) is 0 Å². The number of likely N-dealkylation sites (N-methyl/N-ethyl adjacent to an activating group) is 1. The number of alkyl halides is 3. The smallest absolute Gasteiger partial charge is 0.393 e. The third-order valence-electron chi connectivity index (χ3n) is 4.41. The molecule has 0 aromatic rings. The SMILES string of the molecule is CN1C2CCC1CN(CC(C(N)=S)C(F)(F)F)CC2. The van der Waals surface area contributed by atoms with E-state index in [2.05, 4.69) is 24.2 Å². The maximum absolute atomic E-state index is 12.9. The van der Waals surface area contributed by atoms with E-state index in [1.807, 2.05) is 4.90 Å². The zero-order valence-corrected chi connectivity index (χ0v) is 11.8. The fraction of sp³-hybridized carbons (Fsp3) is 0.917. The molecular weight excluding hydrogens is 275 g/mol. The Balaban J connectivity index is 2.01. The molecule has 19 heavy (non-hydrogen) atoms. The number of nitrogens with two attached hydrogens (primary N) is 1. The molecule has 0 aliphatic carbocycles. The average molecular weight is 295 g/mol. The molecule has 3 atom stereocenters. The minimum atomic E-state index is -4.34. The van der Waals surface area contributed by atoms with Crippen LogP contribution in [0.4, 0.5) is 13.2 Å². The summed E-state index contributed by atoms with van der Waals surface area (Å²) in [4.78, 5) is 3.73. The van der Waals surface area contributed by atoms with Crippen molar-refractivity contribution in [2.24, 2.45) is 11.7 Å². The van der Waals surface area contributed by atoms with E-state index in [4.69, 9.17) is 5.73 Å². The lowest BCUT2D eigenvalue weighted by atomic mass is 10.1. The van der Waals surface area contributed by atoms with Gasteiger partial charge in [0.1, 0.15) is 5.92 Å². The zero-order chi connectivity index (χ0) is 14.2. The molecule has 0 saturated carbocycles. The van der Waals surface area contributed by atoms with Crippen LogP contribution in [0.1, 0.15) is 19.3 Å². The molecule has 0 aromatic heterocycles. The summed E-state index contributed by atoms with van der Waals surface area (Å²) in [6.45, 7) is 1.28. The van der Waals surface area contributed by atoms with Crippen LogP contribution in [0, 0.1) is 5.92 Å². The van der Waals surface area contributed by atoms with Crippen LogP contribution in [-0.2, 0) is 0 Å². The molecule has 110 valence electrons. The van der Waals surface area contributed by atoms with Crippen LogP contribution >= 0.6 is 12.2 Å². The van der Waals surface area contributed by atoms with E-state index in [0.29, 0.717) is 25.2 Å². The second kappa shape index (κ2) is 5.54. The average Bonchev–Trinajstić information content (AvgIpc) is 2.50. The lowest BCUT2D eigenvalue weighted by Crippen LogP contribution is -2.46. The molecule has 2 bridgehead atoms. The molecule has 0 spiro atoms. The highest BCUT2D eigenvalue weighted by Crippen LogP contribution is 2.31. The molecule has 2 N–H and O–H groups in total. The third kappa shape index (κ3) is 3.38. The molecule has 2 heterocycles. The first kappa shape index (κ1) is 15.0. The molecule has 0 radical (unpaired) electrons. The van der Waals surface area contributed by atoms with Crippen LogP contribution in [-0.4, -0.2) is 59.7 Å². The van der Waals surface area contributed by atoms with Crippen molar-refractivity contribution >= 4 is 17.2 Å². The van der Waals surface area contributed by atoms with Gasteiger partial charge in [-0.3, -0.25) is 4.90 Å². The van der Waals surface area contributed by atoms with Crippen molar-refractivity contribution in [1.82, 2.24) is 9.80 Å². The van der Waals surface area contributed by atoms with Crippen LogP contribution in [0.2, 0.25) is 0 Å². The lowest BCUT2D eigenvalue weighted by Gasteiger charge is -2.29. The van der Waals surface area contributed by atoms with Crippen LogP contribution in [0.5, 0.6) is 0 Å². The highest BCUT2D eigenvalue weighted by Gasteiger charge is 2.44. The van der Waals surface area contributed by atoms with Gasteiger partial charge >= 0.3 is 6.18 Å². The van der Waals surface area contributed by atoms with E-state index in [0.717, 1.165) is 19.3 Å². The monoisotopic (exact) mass is 295 g/mol. The van der Waals surface area contributed by atoms with Gasteiger partial charge in [-0.2, -0.15) is 13.2 Å². The number of thiocarbonyl (C=S) groups is 1. The van der Waals surface area contributed by atoms with Crippen LogP contribution in [0.3, 0.4) is 0 Å². The number of fused-ring (bicyclic) bond motifs is 2. The third-order valence-corrected chi connectivity index (χ3v) is 4.70. The second-order valence-electron chi connectivity index (χ2n) is 5.60. The van der Waals surface area contributed by atoms with Gasteiger partial charge in [0.15, 0.2) is 0 Å². The quantitative estimate of drug-likeness (QED) is 0.802. The summed E-state index contributed by atoms with van der Waals surface area (Å²) in [7, 11) is 2.07. The minimum absolute atomic E-state index is 0.101. The van der Waals surface area contributed by atoms with E-state index in [1.165, 1.54) is 0 Å². The number of hydrogen-bond donors (Lipinski definition) is 1. The highest BCUT2D eigenvalue weighted by molar-refractivity contribution is 7.80. The number of halogens is 3. The van der Waals surface area contributed by atoms with Gasteiger partial charge in [0, 0.05) is 25.2 Å². The van der Waals surface area contributed by atoms with Gasteiger partial charge in [-0.25, -0.2) is 0 Å². The zero-order valence-electron chi connectivity index (χ0n) is 11.0. The number of hydrogen-bond acceptors (Lipinski definition) is 3. The van der Waals surface area contributed by atoms with Gasteiger partial charge in [-0.15, -0.1) is 0 Å². The summed E-state index contributed by atoms with van der Waals surface area (Å²) in [6.07, 6.45) is -1.19. The molecular formula is C12H20F3N3S. The van der Waals surface area contributed by atoms with E-state index in [9.17, 15) is 13.2 Å². The molecule has 3 nitrogen and oxygen atoms in total. The van der Waals surface area contributed by atoms with E-state index in [1.54, 1.807) is 0 Å². The Hall–Kier alpha value is -0.400. The van der Waals surface area contributed by atoms with Gasteiger partial charge in [-0.1, -0.05) is 12.2 Å². The summed E-state index contributed by atoms with van der Waals surface area (Å²) in [5.41, 5.74) is 5.26. The Morgan fingerprint density at radius 3 is 2.53 bits per heavy atom. The molecule has 2 aliphatic heterocycles. The largest absolute Gasteiger partial charge is 0.399 e. The Labute approximate surface area is 116 Å². The van der Waals surface area contributed by atoms with Crippen molar-refractivity contribution in [3.63, 3.8) is 0 Å². The van der Waals surface area contributed by atoms with Crippen molar-refractivity contribution < 1.29 is 13.2 Å². The first-order chi connectivity index (χ1) is 8.79. The predicted octanol–water partition coefficient (Wildman–Crippen LogP) is 1.62. The Morgan fingerprint density at radius 2 is 1.95 bits per heavy atom. The molecule has 7 heteroatoms. The number of likely N-dealkylation sites (tertiary alicyclic amines) is 1. The Kier molecular flexibility index (Phi) is 4.37. The minimum Gasteiger partial charge on any atom is -0.393 e. The fourth-order valence-electron chi connectivity index (χ4n) is 3.16. The normalized spacial score (nSPS) is 31.2. The number of rotatable bonds is 3. The molecule has 0 aromatic carbocycles. The molecule has 3 unspecified atom stereocenters. The van der Waals surface area contributed by atoms with Crippen LogP contribution < -0.4 is 5.73 Å². The van der Waals surface area contributed by atoms with E-state index < -0.39 is 17.1 Å². The van der Waals surface area contributed by atoms with Gasteiger partial charge in [0.2, 0.25) is 0 Å². The van der Waals surface area contributed by atoms with Gasteiger partial charge in [0.05, 0.1) is 4.99 Å². The van der Waals surface area contributed by atoms with Crippen LogP contribution in [0.15, 0.2) is 0 Å². The van der Waals surface area contributed by atoms with Crippen molar-refractivity contribution in [3.05, 3.63) is 0 Å². The molecule has 2 rings (SSSR count). The topological polar surface area (TPSA) is 32.5 Å². The summed E-state index contributed by atoms with van der Waals surface area (Å²) in [5.74, 6) is -1.69. The molecule has 2 aliphatic rings. The summed E-state index contributed by atoms with van der Waals surface area (Å²) < 4.78 is 38.7. The maximum atomic E-state index is 12.9. The highest BCUT2D eigenvalue weighted by atomic mass is 32.1. The maximum Gasteiger partial charge on any atom is 0.399 e. The van der Waals surface area contributed by atoms with Crippen molar-refractivity contribution in [2.75, 3.05) is 26.7 Å². The first-order valence-electron chi connectivity index (χ1n) is 6.59.